The zero-order chi connectivity index (χ0) is 23.3. The molecule has 1 unspecified atom stereocenters. The molecule has 0 spiro atoms. The molecule has 2 aromatic rings. The van der Waals surface area contributed by atoms with Gasteiger partial charge in [-0.1, -0.05) is 30.3 Å². The minimum absolute atomic E-state index is 0.110. The van der Waals surface area contributed by atoms with Gasteiger partial charge in [-0.05, 0) is 45.4 Å². The molecule has 2 amide bonds. The molecule has 0 bridgehead atoms. The summed E-state index contributed by atoms with van der Waals surface area (Å²) >= 11 is 0. The standard InChI is InChI=1S/C23H26F2N2O4/c1-14(27(15(2)28)19-12-17(24)11-18(25)13-19)21(29)26-20(16-9-7-6-8-10-16)22(30)31-23(3,4)5/h6-14,20H,1-5H3,(H,26,29)/t14-,20?/m0/s1. The van der Waals surface area contributed by atoms with Gasteiger partial charge >= 0.3 is 5.97 Å². The smallest absolute Gasteiger partial charge is 0.333 e. The van der Waals surface area contributed by atoms with Crippen LogP contribution in [0.3, 0.4) is 0 Å². The monoisotopic (exact) mass is 432 g/mol. The van der Waals surface area contributed by atoms with E-state index in [4.69, 9.17) is 4.74 Å². The van der Waals surface area contributed by atoms with Crippen molar-refractivity contribution in [1.82, 2.24) is 5.32 Å². The van der Waals surface area contributed by atoms with Gasteiger partial charge in [0.15, 0.2) is 6.04 Å². The van der Waals surface area contributed by atoms with Crippen LogP contribution in [0.15, 0.2) is 48.5 Å². The summed E-state index contributed by atoms with van der Waals surface area (Å²) in [7, 11) is 0. The SMILES string of the molecule is CC(=O)N(c1cc(F)cc(F)c1)[C@@H](C)C(=O)NC(C(=O)OC(C)(C)C)c1ccccc1. The Morgan fingerprint density at radius 2 is 1.55 bits per heavy atom. The molecule has 0 aliphatic rings. The van der Waals surface area contributed by atoms with Gasteiger partial charge in [-0.3, -0.25) is 9.59 Å². The van der Waals surface area contributed by atoms with E-state index in [-0.39, 0.29) is 5.69 Å². The highest BCUT2D eigenvalue weighted by atomic mass is 19.1. The van der Waals surface area contributed by atoms with Crippen molar-refractivity contribution < 1.29 is 27.9 Å². The Kier molecular flexibility index (Phi) is 7.49. The number of hydrogen-bond acceptors (Lipinski definition) is 4. The summed E-state index contributed by atoms with van der Waals surface area (Å²) < 4.78 is 32.8. The molecule has 6 nitrogen and oxygen atoms in total. The van der Waals surface area contributed by atoms with Gasteiger partial charge in [0, 0.05) is 13.0 Å². The number of halogens is 2. The fraction of sp³-hybridized carbons (Fsp3) is 0.348. The zero-order valence-electron chi connectivity index (χ0n) is 18.1. The first-order chi connectivity index (χ1) is 14.4. The first-order valence-electron chi connectivity index (χ1n) is 9.73. The van der Waals surface area contributed by atoms with Crippen LogP contribution in [0.5, 0.6) is 0 Å². The van der Waals surface area contributed by atoms with Gasteiger partial charge in [-0.2, -0.15) is 0 Å². The van der Waals surface area contributed by atoms with Crippen LogP contribution in [0.25, 0.3) is 0 Å². The van der Waals surface area contributed by atoms with Gasteiger partial charge < -0.3 is 15.0 Å². The van der Waals surface area contributed by atoms with Crippen LogP contribution < -0.4 is 10.2 Å². The number of amides is 2. The lowest BCUT2D eigenvalue weighted by Crippen LogP contribution is -2.50. The van der Waals surface area contributed by atoms with Crippen molar-refractivity contribution in [2.24, 2.45) is 0 Å². The molecule has 0 aromatic heterocycles. The average Bonchev–Trinajstić information content (AvgIpc) is 2.64. The maximum absolute atomic E-state index is 13.7. The highest BCUT2D eigenvalue weighted by Gasteiger charge is 2.32. The second-order valence-corrected chi connectivity index (χ2v) is 8.08. The van der Waals surface area contributed by atoms with Gasteiger partial charge in [-0.25, -0.2) is 13.6 Å². The second kappa shape index (κ2) is 9.68. The molecule has 166 valence electrons. The van der Waals surface area contributed by atoms with E-state index in [0.29, 0.717) is 11.6 Å². The third kappa shape index (κ3) is 6.60. The normalized spacial score (nSPS) is 13.1. The lowest BCUT2D eigenvalue weighted by Gasteiger charge is -2.30. The molecule has 2 aromatic carbocycles. The molecule has 8 heteroatoms. The van der Waals surface area contributed by atoms with Crippen molar-refractivity contribution >= 4 is 23.5 Å². The maximum Gasteiger partial charge on any atom is 0.333 e. The van der Waals surface area contributed by atoms with E-state index >= 15 is 0 Å². The van der Waals surface area contributed by atoms with Crippen molar-refractivity contribution in [3.8, 4) is 0 Å². The summed E-state index contributed by atoms with van der Waals surface area (Å²) in [5, 5.41) is 2.59. The molecule has 2 rings (SSSR count). The topological polar surface area (TPSA) is 75.7 Å². The summed E-state index contributed by atoms with van der Waals surface area (Å²) in [6.07, 6.45) is 0. The van der Waals surface area contributed by atoms with Gasteiger partial charge in [0.2, 0.25) is 11.8 Å². The van der Waals surface area contributed by atoms with Gasteiger partial charge in [0.1, 0.15) is 23.3 Å². The number of benzene rings is 2. The molecule has 0 aliphatic carbocycles. The fourth-order valence-electron chi connectivity index (χ4n) is 3.02. The van der Waals surface area contributed by atoms with Gasteiger partial charge in [-0.15, -0.1) is 0 Å². The van der Waals surface area contributed by atoms with Gasteiger partial charge in [0.25, 0.3) is 0 Å². The minimum atomic E-state index is -1.16. The van der Waals surface area contributed by atoms with E-state index in [9.17, 15) is 23.2 Å². The Morgan fingerprint density at radius 1 is 1.00 bits per heavy atom. The molecule has 0 radical (unpaired) electrons. The molecule has 0 fully saturated rings. The Bertz CT molecular complexity index is 938. The van der Waals surface area contributed by atoms with Crippen molar-refractivity contribution in [1.29, 1.82) is 0 Å². The van der Waals surface area contributed by atoms with Crippen molar-refractivity contribution in [3.05, 3.63) is 65.7 Å². The number of hydrogen-bond donors (Lipinski definition) is 1. The number of ether oxygens (including phenoxy) is 1. The number of esters is 1. The first kappa shape index (κ1) is 24.0. The number of carbonyl (C=O) groups is 3. The van der Waals surface area contributed by atoms with E-state index in [1.807, 2.05) is 0 Å². The summed E-state index contributed by atoms with van der Waals surface area (Å²) in [4.78, 5) is 38.9. The summed E-state index contributed by atoms with van der Waals surface area (Å²) in [6, 6.07) is 8.78. The number of rotatable bonds is 6. The minimum Gasteiger partial charge on any atom is -0.458 e. The molecular weight excluding hydrogens is 406 g/mol. The van der Waals surface area contributed by atoms with E-state index < -0.39 is 47.1 Å². The Balaban J connectivity index is 2.34. The van der Waals surface area contributed by atoms with Crippen molar-refractivity contribution in [2.45, 2.75) is 52.3 Å². The molecule has 0 heterocycles. The van der Waals surface area contributed by atoms with Crippen LogP contribution in [0.1, 0.15) is 46.2 Å². The summed E-state index contributed by atoms with van der Waals surface area (Å²) in [5.74, 6) is -3.74. The summed E-state index contributed by atoms with van der Waals surface area (Å²) in [5.41, 5.74) is -0.407. The number of nitrogens with one attached hydrogen (secondary N) is 1. The highest BCUT2D eigenvalue weighted by Crippen LogP contribution is 2.23. The van der Waals surface area contributed by atoms with Crippen LogP contribution in [-0.4, -0.2) is 29.4 Å². The molecular formula is C23H26F2N2O4. The third-order valence-corrected chi connectivity index (χ3v) is 4.29. The Hall–Kier alpha value is -3.29. The largest absolute Gasteiger partial charge is 0.458 e. The predicted octanol–water partition coefficient (Wildman–Crippen LogP) is 3.91. The highest BCUT2D eigenvalue weighted by molar-refractivity contribution is 6.00. The lowest BCUT2D eigenvalue weighted by molar-refractivity contribution is -0.159. The van der Waals surface area contributed by atoms with Gasteiger partial charge in [0.05, 0.1) is 5.69 Å². The van der Waals surface area contributed by atoms with Crippen LogP contribution >= 0.6 is 0 Å². The van der Waals surface area contributed by atoms with E-state index in [1.54, 1.807) is 51.1 Å². The average molecular weight is 432 g/mol. The van der Waals surface area contributed by atoms with Crippen LogP contribution in [0.2, 0.25) is 0 Å². The van der Waals surface area contributed by atoms with E-state index in [1.165, 1.54) is 13.8 Å². The zero-order valence-corrected chi connectivity index (χ0v) is 18.1. The van der Waals surface area contributed by atoms with E-state index in [0.717, 1.165) is 17.0 Å². The van der Waals surface area contributed by atoms with Crippen LogP contribution in [-0.2, 0) is 19.1 Å². The number of nitrogens with zero attached hydrogens (tertiary/aromatic N) is 1. The summed E-state index contributed by atoms with van der Waals surface area (Å²) in [6.45, 7) is 7.68. The lowest BCUT2D eigenvalue weighted by atomic mass is 10.1. The quantitative estimate of drug-likeness (QED) is 0.703. The molecule has 0 saturated carbocycles. The Morgan fingerprint density at radius 3 is 2.03 bits per heavy atom. The molecule has 1 N–H and O–H groups in total. The molecule has 2 atom stereocenters. The van der Waals surface area contributed by atoms with E-state index in [2.05, 4.69) is 5.32 Å². The molecule has 31 heavy (non-hydrogen) atoms. The third-order valence-electron chi connectivity index (χ3n) is 4.29. The fourth-order valence-corrected chi connectivity index (χ4v) is 3.02. The molecule has 0 saturated heterocycles. The van der Waals surface area contributed by atoms with Crippen molar-refractivity contribution in [2.75, 3.05) is 4.90 Å². The molecule has 0 aliphatic heterocycles. The number of carbonyl (C=O) groups excluding carboxylic acids is 3. The van der Waals surface area contributed by atoms with Crippen LogP contribution in [0, 0.1) is 11.6 Å². The Labute approximate surface area is 180 Å². The van der Waals surface area contributed by atoms with Crippen LogP contribution in [0.4, 0.5) is 14.5 Å². The number of anilines is 1. The maximum atomic E-state index is 13.7. The second-order valence-electron chi connectivity index (χ2n) is 8.08. The predicted molar refractivity (Wildman–Crippen MR) is 112 cm³/mol. The van der Waals surface area contributed by atoms with Crippen molar-refractivity contribution in [3.63, 3.8) is 0 Å². The first-order valence-corrected chi connectivity index (χ1v) is 9.73.